The topological polar surface area (TPSA) is 25.8 Å². The Morgan fingerprint density at radius 2 is 1.17 bits per heavy atom. The van der Waals surface area contributed by atoms with Crippen molar-refractivity contribution < 1.29 is 0 Å². The molecule has 1 aliphatic carbocycles. The quantitative estimate of drug-likeness (QED) is 0.453. The summed E-state index contributed by atoms with van der Waals surface area (Å²) in [6, 6.07) is 9.11. The minimum Gasteiger partial charge on any atom is -0.236 e. The minimum absolute atomic E-state index is 0.633. The zero-order valence-corrected chi connectivity index (χ0v) is 19.3. The zero-order chi connectivity index (χ0) is 21.4. The van der Waals surface area contributed by atoms with Crippen molar-refractivity contribution in [2.24, 2.45) is 5.92 Å². The predicted octanol–water partition coefficient (Wildman–Crippen LogP) is 7.65. The van der Waals surface area contributed by atoms with Gasteiger partial charge in [-0.25, -0.2) is 9.97 Å². The Hall–Kier alpha value is -2.48. The van der Waals surface area contributed by atoms with Crippen molar-refractivity contribution in [3.8, 4) is 22.5 Å². The summed E-state index contributed by atoms with van der Waals surface area (Å²) in [6.07, 6.45) is 9.31. The second-order valence-corrected chi connectivity index (χ2v) is 9.52. The molecule has 2 heteroatoms. The van der Waals surface area contributed by atoms with Crippen molar-refractivity contribution in [2.45, 2.75) is 73.1 Å². The number of rotatable bonds is 3. The van der Waals surface area contributed by atoms with E-state index in [0.717, 1.165) is 17.3 Å². The van der Waals surface area contributed by atoms with Crippen LogP contribution in [0.5, 0.6) is 0 Å². The zero-order valence-electron chi connectivity index (χ0n) is 19.3. The SMILES string of the molecule is Cc1cc(-c2c(C)cc(-c3ncc(C4CCC(C)CC4)cn3)cc2C)cc(C)c1C. The summed E-state index contributed by atoms with van der Waals surface area (Å²) in [6.45, 7) is 13.4. The van der Waals surface area contributed by atoms with Crippen molar-refractivity contribution in [3.63, 3.8) is 0 Å². The largest absolute Gasteiger partial charge is 0.236 e. The van der Waals surface area contributed by atoms with E-state index >= 15 is 0 Å². The first-order valence-corrected chi connectivity index (χ1v) is 11.3. The van der Waals surface area contributed by atoms with Crippen LogP contribution >= 0.6 is 0 Å². The molecule has 0 aliphatic heterocycles. The molecule has 0 spiro atoms. The van der Waals surface area contributed by atoms with Crippen molar-refractivity contribution in [2.75, 3.05) is 0 Å². The van der Waals surface area contributed by atoms with Gasteiger partial charge in [0.15, 0.2) is 5.82 Å². The minimum atomic E-state index is 0.633. The molecule has 1 aromatic heterocycles. The molecule has 2 aromatic carbocycles. The molecular weight excluding hydrogens is 364 g/mol. The van der Waals surface area contributed by atoms with Crippen LogP contribution in [0, 0.1) is 40.5 Å². The van der Waals surface area contributed by atoms with E-state index in [-0.39, 0.29) is 0 Å². The van der Waals surface area contributed by atoms with Crippen LogP contribution in [0.2, 0.25) is 0 Å². The molecule has 0 unspecified atom stereocenters. The first-order chi connectivity index (χ1) is 14.3. The second-order valence-electron chi connectivity index (χ2n) is 9.52. The van der Waals surface area contributed by atoms with E-state index in [2.05, 4.69) is 78.2 Å². The lowest BCUT2D eigenvalue weighted by atomic mass is 9.80. The molecule has 0 radical (unpaired) electrons. The van der Waals surface area contributed by atoms with E-state index in [1.54, 1.807) is 0 Å². The normalized spacial score (nSPS) is 19.1. The highest BCUT2D eigenvalue weighted by Gasteiger charge is 2.20. The standard InChI is InChI=1S/C28H34N2/c1-17-7-9-23(10-8-17)26-15-29-28(30-16-26)25-13-20(4)27(21(5)14-25)24-11-18(2)22(6)19(3)12-24/h11-17,23H,7-10H2,1-6H3. The molecule has 2 nitrogen and oxygen atoms in total. The van der Waals surface area contributed by atoms with Crippen LogP contribution in [0.15, 0.2) is 36.7 Å². The Morgan fingerprint density at radius 3 is 1.70 bits per heavy atom. The fourth-order valence-electron chi connectivity index (χ4n) is 5.02. The van der Waals surface area contributed by atoms with Crippen LogP contribution in [-0.2, 0) is 0 Å². The van der Waals surface area contributed by atoms with Gasteiger partial charge in [0.2, 0.25) is 0 Å². The van der Waals surface area contributed by atoms with Gasteiger partial charge in [-0.15, -0.1) is 0 Å². The third-order valence-corrected chi connectivity index (χ3v) is 7.17. The summed E-state index contributed by atoms with van der Waals surface area (Å²) < 4.78 is 0. The van der Waals surface area contributed by atoms with Gasteiger partial charge >= 0.3 is 0 Å². The Balaban J connectivity index is 1.63. The van der Waals surface area contributed by atoms with Gasteiger partial charge in [-0.05, 0) is 116 Å². The van der Waals surface area contributed by atoms with Crippen LogP contribution in [0.25, 0.3) is 22.5 Å². The van der Waals surface area contributed by atoms with Crippen LogP contribution in [0.3, 0.4) is 0 Å². The van der Waals surface area contributed by atoms with Crippen LogP contribution in [-0.4, -0.2) is 9.97 Å². The molecule has 1 fully saturated rings. The molecule has 0 N–H and O–H groups in total. The molecule has 30 heavy (non-hydrogen) atoms. The van der Waals surface area contributed by atoms with E-state index < -0.39 is 0 Å². The maximum atomic E-state index is 4.76. The van der Waals surface area contributed by atoms with Gasteiger partial charge in [0.05, 0.1) is 0 Å². The highest BCUT2D eigenvalue weighted by Crippen LogP contribution is 2.36. The smallest absolute Gasteiger partial charge is 0.159 e. The molecule has 1 saturated carbocycles. The van der Waals surface area contributed by atoms with Crippen molar-refractivity contribution in [1.82, 2.24) is 9.97 Å². The fourth-order valence-corrected chi connectivity index (χ4v) is 5.02. The molecule has 0 amide bonds. The lowest BCUT2D eigenvalue weighted by Gasteiger charge is -2.26. The van der Waals surface area contributed by atoms with E-state index in [1.807, 2.05) is 0 Å². The summed E-state index contributed by atoms with van der Waals surface area (Å²) in [5.74, 6) is 2.33. The van der Waals surface area contributed by atoms with Crippen molar-refractivity contribution in [1.29, 1.82) is 0 Å². The van der Waals surface area contributed by atoms with Crippen LogP contribution < -0.4 is 0 Å². The van der Waals surface area contributed by atoms with Crippen LogP contribution in [0.4, 0.5) is 0 Å². The Bertz CT molecular complexity index is 1010. The average Bonchev–Trinajstić information content (AvgIpc) is 2.72. The lowest BCUT2D eigenvalue weighted by Crippen LogP contribution is -2.11. The first kappa shape index (κ1) is 20.8. The maximum Gasteiger partial charge on any atom is 0.159 e. The number of hydrogen-bond donors (Lipinski definition) is 0. The number of nitrogens with zero attached hydrogens (tertiary/aromatic N) is 2. The summed E-state index contributed by atoms with van der Waals surface area (Å²) in [4.78, 5) is 9.51. The molecule has 1 aliphatic rings. The predicted molar refractivity (Wildman–Crippen MR) is 127 cm³/mol. The van der Waals surface area contributed by atoms with Crippen molar-refractivity contribution in [3.05, 3.63) is 70.0 Å². The highest BCUT2D eigenvalue weighted by molar-refractivity contribution is 5.76. The molecule has 1 heterocycles. The Labute approximate surface area is 181 Å². The third-order valence-electron chi connectivity index (χ3n) is 7.17. The highest BCUT2D eigenvalue weighted by atomic mass is 14.9. The van der Waals surface area contributed by atoms with Crippen LogP contribution in [0.1, 0.15) is 71.9 Å². The monoisotopic (exact) mass is 398 g/mol. The van der Waals surface area contributed by atoms with Gasteiger partial charge in [0.1, 0.15) is 0 Å². The summed E-state index contributed by atoms with van der Waals surface area (Å²) in [7, 11) is 0. The molecule has 0 saturated heterocycles. The van der Waals surface area contributed by atoms with E-state index in [9.17, 15) is 0 Å². The van der Waals surface area contributed by atoms with Gasteiger partial charge in [0.25, 0.3) is 0 Å². The van der Waals surface area contributed by atoms with E-state index in [0.29, 0.717) is 5.92 Å². The third kappa shape index (κ3) is 4.05. The van der Waals surface area contributed by atoms with Crippen molar-refractivity contribution >= 4 is 0 Å². The van der Waals surface area contributed by atoms with Gasteiger partial charge in [-0.2, -0.15) is 0 Å². The molecule has 0 atom stereocenters. The van der Waals surface area contributed by atoms with Gasteiger partial charge in [-0.3, -0.25) is 0 Å². The number of hydrogen-bond acceptors (Lipinski definition) is 2. The number of aromatic nitrogens is 2. The lowest BCUT2D eigenvalue weighted by molar-refractivity contribution is 0.347. The first-order valence-electron chi connectivity index (χ1n) is 11.3. The number of aryl methyl sites for hydroxylation is 4. The van der Waals surface area contributed by atoms with E-state index in [1.165, 1.54) is 70.2 Å². The fraction of sp³-hybridized carbons (Fsp3) is 0.429. The number of benzene rings is 2. The molecule has 4 rings (SSSR count). The summed E-state index contributed by atoms with van der Waals surface area (Å²) in [5.41, 5.74) is 11.7. The van der Waals surface area contributed by atoms with Gasteiger partial charge in [0, 0.05) is 18.0 Å². The average molecular weight is 399 g/mol. The second kappa shape index (κ2) is 8.34. The van der Waals surface area contributed by atoms with E-state index in [4.69, 9.17) is 9.97 Å². The van der Waals surface area contributed by atoms with Gasteiger partial charge in [-0.1, -0.05) is 31.9 Å². The molecule has 0 bridgehead atoms. The molecule has 156 valence electrons. The Kier molecular flexibility index (Phi) is 5.77. The molecule has 3 aromatic rings. The van der Waals surface area contributed by atoms with Gasteiger partial charge < -0.3 is 0 Å². The Morgan fingerprint density at radius 1 is 0.667 bits per heavy atom. The molecular formula is C28H34N2. The summed E-state index contributed by atoms with van der Waals surface area (Å²) >= 11 is 0. The summed E-state index contributed by atoms with van der Waals surface area (Å²) in [5, 5.41) is 0. The maximum absolute atomic E-state index is 4.76.